The number of carbonyl (C=O) groups excluding carboxylic acids is 2. The van der Waals surface area contributed by atoms with E-state index < -0.39 is 15.9 Å². The van der Waals surface area contributed by atoms with Crippen LogP contribution in [0.3, 0.4) is 0 Å². The van der Waals surface area contributed by atoms with Gasteiger partial charge in [-0.15, -0.1) is 0 Å². The molecule has 0 spiro atoms. The molecule has 0 unspecified atom stereocenters. The molecule has 0 aliphatic carbocycles. The summed E-state index contributed by atoms with van der Waals surface area (Å²) < 4.78 is 26.3. The normalized spacial score (nSPS) is 13.5. The van der Waals surface area contributed by atoms with Crippen molar-refractivity contribution in [2.45, 2.75) is 19.4 Å². The first-order valence-electron chi connectivity index (χ1n) is 11.4. The molecule has 0 atom stereocenters. The second kappa shape index (κ2) is 10.9. The van der Waals surface area contributed by atoms with Crippen LogP contribution in [0.2, 0.25) is 10.0 Å². The highest BCUT2D eigenvalue weighted by atomic mass is 35.5. The number of amides is 2. The topological polar surface area (TPSA) is 86.8 Å². The Morgan fingerprint density at radius 3 is 2.14 bits per heavy atom. The van der Waals surface area contributed by atoms with Crippen molar-refractivity contribution in [1.29, 1.82) is 0 Å². The van der Waals surface area contributed by atoms with Gasteiger partial charge in [0.2, 0.25) is 10.0 Å². The fourth-order valence-corrected chi connectivity index (χ4v) is 5.45. The lowest BCUT2D eigenvalue weighted by atomic mass is 10.1. The molecular weight excluding hydrogens is 521 g/mol. The third-order valence-electron chi connectivity index (χ3n) is 5.98. The molecule has 3 aromatic rings. The SMILES string of the molecule is CS(=O)(=O)N(Cc1c(Cl)cccc1Cl)c1ccc(C(=O)Nc2ccccc2C(=O)N2CCCC2)cc1. The van der Waals surface area contributed by atoms with E-state index in [0.29, 0.717) is 51.2 Å². The third-order valence-corrected chi connectivity index (χ3v) is 7.83. The van der Waals surface area contributed by atoms with Crippen molar-refractivity contribution in [2.24, 2.45) is 0 Å². The van der Waals surface area contributed by atoms with Crippen LogP contribution in [0.5, 0.6) is 0 Å². The average Bonchev–Trinajstić information content (AvgIpc) is 3.38. The van der Waals surface area contributed by atoms with Crippen LogP contribution in [0.15, 0.2) is 66.7 Å². The van der Waals surface area contributed by atoms with E-state index in [0.717, 1.165) is 19.1 Å². The second-order valence-electron chi connectivity index (χ2n) is 8.52. The maximum atomic E-state index is 13.0. The number of nitrogens with one attached hydrogen (secondary N) is 1. The molecule has 3 aromatic carbocycles. The van der Waals surface area contributed by atoms with Crippen LogP contribution in [0.25, 0.3) is 0 Å². The van der Waals surface area contributed by atoms with Gasteiger partial charge in [0.25, 0.3) is 11.8 Å². The minimum absolute atomic E-state index is 0.0606. The van der Waals surface area contributed by atoms with E-state index in [-0.39, 0.29) is 12.5 Å². The predicted octanol–water partition coefficient (Wildman–Crippen LogP) is 5.45. The number of likely N-dealkylation sites (tertiary alicyclic amines) is 1. The summed E-state index contributed by atoms with van der Waals surface area (Å²) in [6.07, 6.45) is 3.03. The van der Waals surface area contributed by atoms with E-state index >= 15 is 0 Å². The summed E-state index contributed by atoms with van der Waals surface area (Å²) in [6.45, 7) is 1.35. The number of carbonyl (C=O) groups is 2. The molecule has 188 valence electrons. The first-order valence-corrected chi connectivity index (χ1v) is 14.0. The van der Waals surface area contributed by atoms with Gasteiger partial charge < -0.3 is 10.2 Å². The lowest BCUT2D eigenvalue weighted by Crippen LogP contribution is -2.29. The highest BCUT2D eigenvalue weighted by Crippen LogP contribution is 2.29. The smallest absolute Gasteiger partial charge is 0.255 e. The molecule has 1 N–H and O–H groups in total. The Morgan fingerprint density at radius 2 is 1.53 bits per heavy atom. The number of nitrogens with zero attached hydrogens (tertiary/aromatic N) is 2. The van der Waals surface area contributed by atoms with Gasteiger partial charge in [0.05, 0.1) is 29.7 Å². The Labute approximate surface area is 220 Å². The molecule has 0 radical (unpaired) electrons. The van der Waals surface area contributed by atoms with Crippen molar-refractivity contribution < 1.29 is 18.0 Å². The molecule has 7 nitrogen and oxygen atoms in total. The zero-order valence-electron chi connectivity index (χ0n) is 19.6. The van der Waals surface area contributed by atoms with E-state index in [4.69, 9.17) is 23.2 Å². The van der Waals surface area contributed by atoms with Crippen LogP contribution in [-0.2, 0) is 16.6 Å². The average molecular weight is 546 g/mol. The Morgan fingerprint density at radius 1 is 0.917 bits per heavy atom. The molecule has 2 amide bonds. The lowest BCUT2D eigenvalue weighted by Gasteiger charge is -2.24. The monoisotopic (exact) mass is 545 g/mol. The minimum Gasteiger partial charge on any atom is -0.339 e. The van der Waals surface area contributed by atoms with Crippen molar-refractivity contribution in [3.63, 3.8) is 0 Å². The maximum Gasteiger partial charge on any atom is 0.255 e. The molecule has 1 fully saturated rings. The number of para-hydroxylation sites is 1. The van der Waals surface area contributed by atoms with E-state index in [1.807, 2.05) is 0 Å². The number of anilines is 2. The van der Waals surface area contributed by atoms with Gasteiger partial charge >= 0.3 is 0 Å². The Kier molecular flexibility index (Phi) is 7.88. The van der Waals surface area contributed by atoms with E-state index in [1.165, 1.54) is 16.4 Å². The molecule has 1 heterocycles. The highest BCUT2D eigenvalue weighted by Gasteiger charge is 2.23. The van der Waals surface area contributed by atoms with Crippen molar-refractivity contribution in [1.82, 2.24) is 4.90 Å². The summed E-state index contributed by atoms with van der Waals surface area (Å²) in [6, 6.07) is 18.0. The predicted molar refractivity (Wildman–Crippen MR) is 143 cm³/mol. The number of sulfonamides is 1. The van der Waals surface area contributed by atoms with E-state index in [9.17, 15) is 18.0 Å². The van der Waals surface area contributed by atoms with Gasteiger partial charge in [-0.25, -0.2) is 8.42 Å². The van der Waals surface area contributed by atoms with Crippen LogP contribution in [0, 0.1) is 0 Å². The minimum atomic E-state index is -3.68. The molecule has 0 aromatic heterocycles. The summed E-state index contributed by atoms with van der Waals surface area (Å²) >= 11 is 12.5. The summed E-state index contributed by atoms with van der Waals surface area (Å²) in [5, 5.41) is 3.52. The van der Waals surface area contributed by atoms with E-state index in [1.54, 1.807) is 59.5 Å². The summed E-state index contributed by atoms with van der Waals surface area (Å²) in [4.78, 5) is 27.6. The molecule has 4 rings (SSSR count). The summed E-state index contributed by atoms with van der Waals surface area (Å²) in [5.41, 5.74) is 2.01. The number of hydrogen-bond acceptors (Lipinski definition) is 4. The third kappa shape index (κ3) is 5.83. The molecule has 1 saturated heterocycles. The van der Waals surface area contributed by atoms with Crippen LogP contribution in [-0.4, -0.2) is 44.5 Å². The zero-order chi connectivity index (χ0) is 25.9. The lowest BCUT2D eigenvalue weighted by molar-refractivity contribution is 0.0794. The molecule has 0 bridgehead atoms. The second-order valence-corrected chi connectivity index (χ2v) is 11.2. The van der Waals surface area contributed by atoms with Gasteiger partial charge in [0.15, 0.2) is 0 Å². The van der Waals surface area contributed by atoms with Crippen LogP contribution in [0.4, 0.5) is 11.4 Å². The molecule has 10 heteroatoms. The molecule has 36 heavy (non-hydrogen) atoms. The molecule has 0 saturated carbocycles. The largest absolute Gasteiger partial charge is 0.339 e. The van der Waals surface area contributed by atoms with Gasteiger partial charge in [-0.3, -0.25) is 13.9 Å². The standard InChI is InChI=1S/C26H25Cl2N3O4S/c1-36(34,35)31(17-21-22(27)8-6-9-23(21)28)19-13-11-18(12-14-19)25(32)29-24-10-3-2-7-20(24)26(33)30-15-4-5-16-30/h2-3,6-14H,4-5,15-17H2,1H3,(H,29,32). The van der Waals surface area contributed by atoms with Crippen molar-refractivity contribution in [3.05, 3.63) is 93.5 Å². The Balaban J connectivity index is 1.55. The highest BCUT2D eigenvalue weighted by molar-refractivity contribution is 7.92. The van der Waals surface area contributed by atoms with Crippen molar-refractivity contribution >= 4 is 56.4 Å². The summed E-state index contributed by atoms with van der Waals surface area (Å²) in [5.74, 6) is -0.524. The van der Waals surface area contributed by atoms with Gasteiger partial charge in [0.1, 0.15) is 0 Å². The van der Waals surface area contributed by atoms with Gasteiger partial charge in [-0.05, 0) is 61.4 Å². The zero-order valence-corrected chi connectivity index (χ0v) is 21.9. The summed E-state index contributed by atoms with van der Waals surface area (Å²) in [7, 11) is -3.68. The quantitative estimate of drug-likeness (QED) is 0.427. The maximum absolute atomic E-state index is 13.0. The first kappa shape index (κ1) is 26.0. The van der Waals surface area contributed by atoms with Crippen molar-refractivity contribution in [2.75, 3.05) is 29.0 Å². The van der Waals surface area contributed by atoms with Crippen LogP contribution in [0.1, 0.15) is 39.1 Å². The Bertz CT molecular complexity index is 1370. The first-order chi connectivity index (χ1) is 17.1. The Hall–Kier alpha value is -3.07. The fraction of sp³-hybridized carbons (Fsp3) is 0.231. The molecule has 1 aliphatic heterocycles. The van der Waals surface area contributed by atoms with Crippen LogP contribution >= 0.6 is 23.2 Å². The van der Waals surface area contributed by atoms with Gasteiger partial charge in [-0.1, -0.05) is 41.4 Å². The molecular formula is C26H25Cl2N3O4S. The molecule has 1 aliphatic rings. The number of benzene rings is 3. The van der Waals surface area contributed by atoms with Crippen molar-refractivity contribution in [3.8, 4) is 0 Å². The van der Waals surface area contributed by atoms with E-state index in [2.05, 4.69) is 5.32 Å². The number of rotatable bonds is 7. The number of hydrogen-bond donors (Lipinski definition) is 1. The van der Waals surface area contributed by atoms with Crippen LogP contribution < -0.4 is 9.62 Å². The van der Waals surface area contributed by atoms with Gasteiger partial charge in [0, 0.05) is 34.3 Å². The fourth-order valence-electron chi connectivity index (χ4n) is 4.07. The van der Waals surface area contributed by atoms with Gasteiger partial charge in [-0.2, -0.15) is 0 Å². The number of halogens is 2.